The molecule has 174 valence electrons. The maximum absolute atomic E-state index is 12.4. The van der Waals surface area contributed by atoms with Crippen LogP contribution in [0.2, 0.25) is 0 Å². The summed E-state index contributed by atoms with van der Waals surface area (Å²) in [5.74, 6) is 0.795. The Morgan fingerprint density at radius 1 is 1.15 bits per heavy atom. The molecule has 10 heteroatoms. The first-order chi connectivity index (χ1) is 16.1. The van der Waals surface area contributed by atoms with Crippen molar-refractivity contribution in [3.8, 4) is 11.4 Å². The quantitative estimate of drug-likeness (QED) is 0.478. The van der Waals surface area contributed by atoms with Crippen molar-refractivity contribution >= 4 is 17.7 Å². The maximum Gasteiger partial charge on any atom is 0.230 e. The maximum atomic E-state index is 12.4. The smallest absolute Gasteiger partial charge is 0.230 e. The molecule has 0 atom stereocenters. The summed E-state index contributed by atoms with van der Waals surface area (Å²) in [5, 5.41) is 15.4. The van der Waals surface area contributed by atoms with Crippen LogP contribution in [0.25, 0.3) is 5.69 Å². The lowest BCUT2D eigenvalue weighted by Crippen LogP contribution is -2.35. The van der Waals surface area contributed by atoms with Gasteiger partial charge in [0.05, 0.1) is 26.1 Å². The fourth-order valence-electron chi connectivity index (χ4n) is 3.55. The number of methoxy groups -OCH3 is 1. The Morgan fingerprint density at radius 2 is 1.91 bits per heavy atom. The Kier molecular flexibility index (Phi) is 7.92. The van der Waals surface area contributed by atoms with E-state index < -0.39 is 0 Å². The molecule has 1 aliphatic rings. The van der Waals surface area contributed by atoms with Gasteiger partial charge in [-0.3, -0.25) is 9.69 Å². The van der Waals surface area contributed by atoms with Gasteiger partial charge in [0, 0.05) is 26.2 Å². The highest BCUT2D eigenvalue weighted by Crippen LogP contribution is 2.26. The molecule has 2 heterocycles. The Labute approximate surface area is 197 Å². The molecular weight excluding hydrogens is 440 g/mol. The monoisotopic (exact) mass is 468 g/mol. The van der Waals surface area contributed by atoms with Crippen LogP contribution >= 0.6 is 11.8 Å². The molecule has 1 fully saturated rings. The van der Waals surface area contributed by atoms with E-state index in [1.165, 1.54) is 17.3 Å². The lowest BCUT2D eigenvalue weighted by Gasteiger charge is -2.26. The predicted molar refractivity (Wildman–Crippen MR) is 126 cm³/mol. The van der Waals surface area contributed by atoms with Gasteiger partial charge in [-0.25, -0.2) is 0 Å². The molecule has 0 saturated carbocycles. The SMILES string of the molecule is COc1ccc(C)cc1-n1nnnc1SCC(=O)NCc1ccc(CN2CCOCC2)cc1. The molecule has 1 N–H and O–H groups in total. The van der Waals surface area contributed by atoms with E-state index >= 15 is 0 Å². The van der Waals surface area contributed by atoms with Crippen molar-refractivity contribution in [3.63, 3.8) is 0 Å². The molecule has 33 heavy (non-hydrogen) atoms. The van der Waals surface area contributed by atoms with E-state index in [1.54, 1.807) is 11.8 Å². The summed E-state index contributed by atoms with van der Waals surface area (Å²) in [6.45, 7) is 6.93. The molecule has 0 aliphatic carbocycles. The Bertz CT molecular complexity index is 1070. The Hall–Kier alpha value is -2.95. The fourth-order valence-corrected chi connectivity index (χ4v) is 4.26. The van der Waals surface area contributed by atoms with E-state index in [0.717, 1.165) is 49.7 Å². The summed E-state index contributed by atoms with van der Waals surface area (Å²) in [7, 11) is 1.61. The van der Waals surface area contributed by atoms with Crippen LogP contribution in [0.3, 0.4) is 0 Å². The van der Waals surface area contributed by atoms with Gasteiger partial charge in [0.15, 0.2) is 0 Å². The average Bonchev–Trinajstić information content (AvgIpc) is 3.31. The highest BCUT2D eigenvalue weighted by molar-refractivity contribution is 7.99. The van der Waals surface area contributed by atoms with Crippen LogP contribution in [0.1, 0.15) is 16.7 Å². The van der Waals surface area contributed by atoms with Crippen LogP contribution in [-0.2, 0) is 22.6 Å². The molecule has 1 aliphatic heterocycles. The van der Waals surface area contributed by atoms with E-state index in [-0.39, 0.29) is 11.7 Å². The number of hydrogen-bond donors (Lipinski definition) is 1. The number of thioether (sulfide) groups is 1. The zero-order valence-electron chi connectivity index (χ0n) is 18.9. The minimum atomic E-state index is -0.0804. The summed E-state index contributed by atoms with van der Waals surface area (Å²) in [4.78, 5) is 14.8. The molecule has 0 radical (unpaired) electrons. The summed E-state index contributed by atoms with van der Waals surface area (Å²) in [5.41, 5.74) is 4.13. The van der Waals surface area contributed by atoms with E-state index in [1.807, 2.05) is 25.1 Å². The van der Waals surface area contributed by atoms with E-state index in [2.05, 4.69) is 50.0 Å². The number of hydrogen-bond acceptors (Lipinski definition) is 8. The molecule has 1 saturated heterocycles. The third-order valence-electron chi connectivity index (χ3n) is 5.36. The van der Waals surface area contributed by atoms with Crippen molar-refractivity contribution in [1.29, 1.82) is 0 Å². The molecule has 0 unspecified atom stereocenters. The van der Waals surface area contributed by atoms with Gasteiger partial charge in [0.2, 0.25) is 11.1 Å². The second-order valence-electron chi connectivity index (χ2n) is 7.82. The second-order valence-corrected chi connectivity index (χ2v) is 8.76. The van der Waals surface area contributed by atoms with Gasteiger partial charge in [0.25, 0.3) is 0 Å². The van der Waals surface area contributed by atoms with Crippen molar-refractivity contribution in [2.75, 3.05) is 39.2 Å². The number of aryl methyl sites for hydroxylation is 1. The third kappa shape index (κ3) is 6.31. The number of nitrogens with zero attached hydrogens (tertiary/aromatic N) is 5. The van der Waals surface area contributed by atoms with Gasteiger partial charge in [0.1, 0.15) is 11.4 Å². The number of ether oxygens (including phenoxy) is 2. The zero-order chi connectivity index (χ0) is 23.0. The third-order valence-corrected chi connectivity index (χ3v) is 6.28. The van der Waals surface area contributed by atoms with Crippen molar-refractivity contribution in [2.45, 2.75) is 25.2 Å². The number of carbonyl (C=O) groups is 1. The molecule has 1 amide bonds. The van der Waals surface area contributed by atoms with Crippen LogP contribution in [0, 0.1) is 6.92 Å². The first-order valence-corrected chi connectivity index (χ1v) is 11.8. The van der Waals surface area contributed by atoms with Crippen molar-refractivity contribution in [1.82, 2.24) is 30.4 Å². The summed E-state index contributed by atoms with van der Waals surface area (Å²) >= 11 is 1.28. The van der Waals surface area contributed by atoms with E-state index in [9.17, 15) is 4.79 Å². The number of rotatable bonds is 9. The number of carbonyl (C=O) groups excluding carboxylic acids is 1. The van der Waals surface area contributed by atoms with Crippen molar-refractivity contribution in [2.24, 2.45) is 0 Å². The number of amides is 1. The van der Waals surface area contributed by atoms with Gasteiger partial charge in [-0.1, -0.05) is 42.1 Å². The molecule has 0 bridgehead atoms. The number of morpholine rings is 1. The van der Waals surface area contributed by atoms with E-state index in [4.69, 9.17) is 9.47 Å². The molecular formula is C23H28N6O3S. The average molecular weight is 469 g/mol. The van der Waals surface area contributed by atoms with Crippen molar-refractivity contribution < 1.29 is 14.3 Å². The van der Waals surface area contributed by atoms with Crippen LogP contribution in [0.5, 0.6) is 5.75 Å². The molecule has 1 aromatic heterocycles. The minimum absolute atomic E-state index is 0.0804. The van der Waals surface area contributed by atoms with Gasteiger partial charge in [-0.15, -0.1) is 5.10 Å². The summed E-state index contributed by atoms with van der Waals surface area (Å²) in [6, 6.07) is 14.1. The highest BCUT2D eigenvalue weighted by atomic mass is 32.2. The number of nitrogens with one attached hydrogen (secondary N) is 1. The number of aromatic nitrogens is 4. The fraction of sp³-hybridized carbons (Fsp3) is 0.391. The normalized spacial score (nSPS) is 14.2. The predicted octanol–water partition coefficient (Wildman–Crippen LogP) is 2.22. The van der Waals surface area contributed by atoms with Gasteiger partial charge >= 0.3 is 0 Å². The van der Waals surface area contributed by atoms with Crippen LogP contribution in [-0.4, -0.2) is 70.2 Å². The Balaban J connectivity index is 1.28. The van der Waals surface area contributed by atoms with Crippen molar-refractivity contribution in [3.05, 3.63) is 59.2 Å². The Morgan fingerprint density at radius 3 is 2.67 bits per heavy atom. The summed E-state index contributed by atoms with van der Waals surface area (Å²) in [6.07, 6.45) is 0. The van der Waals surface area contributed by atoms with Crippen LogP contribution < -0.4 is 10.1 Å². The molecule has 0 spiro atoms. The largest absolute Gasteiger partial charge is 0.494 e. The van der Waals surface area contributed by atoms with Gasteiger partial charge in [-0.2, -0.15) is 4.68 Å². The lowest BCUT2D eigenvalue weighted by atomic mass is 10.1. The first kappa shape index (κ1) is 23.2. The lowest BCUT2D eigenvalue weighted by molar-refractivity contribution is -0.118. The van der Waals surface area contributed by atoms with Crippen LogP contribution in [0.4, 0.5) is 0 Å². The number of benzene rings is 2. The molecule has 9 nitrogen and oxygen atoms in total. The topological polar surface area (TPSA) is 94.4 Å². The van der Waals surface area contributed by atoms with Gasteiger partial charge in [-0.05, 0) is 46.2 Å². The van der Waals surface area contributed by atoms with Crippen LogP contribution in [0.15, 0.2) is 47.6 Å². The second kappa shape index (κ2) is 11.3. The van der Waals surface area contributed by atoms with Gasteiger partial charge < -0.3 is 14.8 Å². The molecule has 3 aromatic rings. The first-order valence-electron chi connectivity index (χ1n) is 10.8. The number of tetrazole rings is 1. The standard InChI is InChI=1S/C23H28N6O3S/c1-17-3-8-21(31-2)20(13-17)29-23(25-26-27-29)33-16-22(30)24-14-18-4-6-19(7-5-18)15-28-9-11-32-12-10-28/h3-8,13H,9-12,14-16H2,1-2H3,(H,24,30). The minimum Gasteiger partial charge on any atom is -0.494 e. The molecule has 4 rings (SSSR count). The zero-order valence-corrected chi connectivity index (χ0v) is 19.7. The summed E-state index contributed by atoms with van der Waals surface area (Å²) < 4.78 is 12.4. The highest BCUT2D eigenvalue weighted by Gasteiger charge is 2.15. The van der Waals surface area contributed by atoms with E-state index in [0.29, 0.717) is 17.5 Å². The molecule has 2 aromatic carbocycles.